The van der Waals surface area contributed by atoms with Crippen LogP contribution in [0.15, 0.2) is 24.3 Å². The van der Waals surface area contributed by atoms with Gasteiger partial charge < -0.3 is 15.0 Å². The highest BCUT2D eigenvalue weighted by molar-refractivity contribution is 5.94. The van der Waals surface area contributed by atoms with Crippen molar-refractivity contribution in [2.75, 3.05) is 46.4 Å². The first-order chi connectivity index (χ1) is 13.6. The van der Waals surface area contributed by atoms with Crippen LogP contribution in [0.1, 0.15) is 36.0 Å². The van der Waals surface area contributed by atoms with Crippen LogP contribution in [0.3, 0.4) is 0 Å². The van der Waals surface area contributed by atoms with Crippen molar-refractivity contribution in [1.82, 2.24) is 15.1 Å². The number of amides is 2. The Balaban J connectivity index is 1.48. The van der Waals surface area contributed by atoms with Crippen LogP contribution >= 0.6 is 0 Å². The van der Waals surface area contributed by atoms with Crippen LogP contribution in [0.2, 0.25) is 0 Å². The summed E-state index contributed by atoms with van der Waals surface area (Å²) >= 11 is 0. The number of hydrogen-bond acceptors (Lipinski definition) is 4. The maximum Gasteiger partial charge on any atom is 0.253 e. The van der Waals surface area contributed by atoms with Gasteiger partial charge in [0.1, 0.15) is 5.82 Å². The Hall–Kier alpha value is -1.99. The lowest BCUT2D eigenvalue weighted by atomic mass is 9.93. The fourth-order valence-corrected chi connectivity index (χ4v) is 4.18. The Labute approximate surface area is 166 Å². The Morgan fingerprint density at radius 1 is 1.14 bits per heavy atom. The monoisotopic (exact) mass is 391 g/mol. The average molecular weight is 391 g/mol. The lowest BCUT2D eigenvalue weighted by Crippen LogP contribution is -2.51. The van der Waals surface area contributed by atoms with Crippen LogP contribution in [0, 0.1) is 11.7 Å². The van der Waals surface area contributed by atoms with Crippen LogP contribution in [-0.2, 0) is 9.53 Å². The molecule has 1 unspecified atom stereocenters. The summed E-state index contributed by atoms with van der Waals surface area (Å²) in [5, 5.41) is 2.95. The molecule has 2 heterocycles. The zero-order chi connectivity index (χ0) is 19.9. The highest BCUT2D eigenvalue weighted by Gasteiger charge is 2.32. The lowest BCUT2D eigenvalue weighted by Gasteiger charge is -2.42. The number of hydrogen-bond donors (Lipinski definition) is 1. The molecule has 6 nitrogen and oxygen atoms in total. The molecule has 2 fully saturated rings. The Bertz CT molecular complexity index is 659. The van der Waals surface area contributed by atoms with Gasteiger partial charge in [-0.2, -0.15) is 0 Å². The number of halogens is 1. The molecule has 2 aliphatic heterocycles. The van der Waals surface area contributed by atoms with Crippen LogP contribution < -0.4 is 5.32 Å². The van der Waals surface area contributed by atoms with Crippen molar-refractivity contribution >= 4 is 11.8 Å². The van der Waals surface area contributed by atoms with Gasteiger partial charge in [-0.05, 0) is 56.5 Å². The third-order valence-electron chi connectivity index (χ3n) is 5.79. The molecule has 1 N–H and O–H groups in total. The van der Waals surface area contributed by atoms with E-state index >= 15 is 0 Å². The number of carbonyl (C=O) groups is 2. The maximum absolute atomic E-state index is 13.1. The number of benzene rings is 1. The van der Waals surface area contributed by atoms with Crippen molar-refractivity contribution in [2.24, 2.45) is 5.92 Å². The van der Waals surface area contributed by atoms with E-state index in [1.54, 1.807) is 19.2 Å². The Kier molecular flexibility index (Phi) is 7.39. The van der Waals surface area contributed by atoms with Crippen molar-refractivity contribution in [1.29, 1.82) is 0 Å². The van der Waals surface area contributed by atoms with Crippen molar-refractivity contribution in [3.8, 4) is 0 Å². The van der Waals surface area contributed by atoms with E-state index in [1.807, 2.05) is 4.90 Å². The summed E-state index contributed by atoms with van der Waals surface area (Å²) in [5.74, 6) is -0.219. The number of methoxy groups -OCH3 is 1. The van der Waals surface area contributed by atoms with E-state index in [0.717, 1.165) is 38.8 Å². The van der Waals surface area contributed by atoms with Crippen molar-refractivity contribution in [2.45, 2.75) is 31.7 Å². The molecular weight excluding hydrogens is 361 g/mol. The Morgan fingerprint density at radius 3 is 2.54 bits per heavy atom. The van der Waals surface area contributed by atoms with E-state index < -0.39 is 0 Å². The van der Waals surface area contributed by atoms with Gasteiger partial charge in [0.15, 0.2) is 0 Å². The summed E-state index contributed by atoms with van der Waals surface area (Å²) < 4.78 is 18.0. The number of nitrogens with one attached hydrogen (secondary N) is 1. The van der Waals surface area contributed by atoms with Crippen LogP contribution in [0.4, 0.5) is 4.39 Å². The molecule has 1 aromatic carbocycles. The minimum absolute atomic E-state index is 0.0319. The predicted molar refractivity (Wildman–Crippen MR) is 105 cm³/mol. The van der Waals surface area contributed by atoms with E-state index in [4.69, 9.17) is 4.74 Å². The first-order valence-electron chi connectivity index (χ1n) is 10.1. The van der Waals surface area contributed by atoms with E-state index in [0.29, 0.717) is 37.8 Å². The molecule has 0 radical (unpaired) electrons. The van der Waals surface area contributed by atoms with Gasteiger partial charge in [-0.25, -0.2) is 4.39 Å². The molecule has 2 amide bonds. The molecule has 1 aromatic rings. The minimum Gasteiger partial charge on any atom is -0.383 e. The predicted octanol–water partition coefficient (Wildman–Crippen LogP) is 1.90. The summed E-state index contributed by atoms with van der Waals surface area (Å²) in [5.41, 5.74) is 0.533. The molecule has 0 bridgehead atoms. The van der Waals surface area contributed by atoms with E-state index in [2.05, 4.69) is 10.2 Å². The summed E-state index contributed by atoms with van der Waals surface area (Å²) in [6.45, 7) is 4.27. The lowest BCUT2D eigenvalue weighted by molar-refractivity contribution is -0.127. The molecule has 0 spiro atoms. The standard InChI is InChI=1S/C21H30FN3O3/c1-28-14-10-23-20(26)17-3-2-11-25(15-17)19-8-12-24(13-9-19)21(27)16-4-6-18(22)7-5-16/h4-7,17,19H,2-3,8-15H2,1H3,(H,23,26). The molecular formula is C21H30FN3O3. The third kappa shape index (κ3) is 5.29. The van der Waals surface area contributed by atoms with Crippen molar-refractivity contribution in [3.05, 3.63) is 35.6 Å². The highest BCUT2D eigenvalue weighted by atomic mass is 19.1. The maximum atomic E-state index is 13.1. The first kappa shape index (κ1) is 20.7. The fourth-order valence-electron chi connectivity index (χ4n) is 4.18. The van der Waals surface area contributed by atoms with Crippen LogP contribution in [0.5, 0.6) is 0 Å². The average Bonchev–Trinajstić information content (AvgIpc) is 2.74. The number of rotatable bonds is 6. The molecule has 1 atom stereocenters. The Morgan fingerprint density at radius 2 is 1.86 bits per heavy atom. The summed E-state index contributed by atoms with van der Waals surface area (Å²) in [4.78, 5) is 29.2. The smallest absolute Gasteiger partial charge is 0.253 e. The molecule has 3 rings (SSSR count). The summed E-state index contributed by atoms with van der Waals surface area (Å²) in [6, 6.07) is 6.14. The van der Waals surface area contributed by atoms with Crippen molar-refractivity contribution in [3.63, 3.8) is 0 Å². The number of piperidine rings is 2. The second-order valence-electron chi connectivity index (χ2n) is 7.65. The number of carbonyl (C=O) groups excluding carboxylic acids is 2. The van der Waals surface area contributed by atoms with E-state index in [9.17, 15) is 14.0 Å². The summed E-state index contributed by atoms with van der Waals surface area (Å²) in [7, 11) is 1.63. The largest absolute Gasteiger partial charge is 0.383 e. The normalized spacial score (nSPS) is 21.5. The highest BCUT2D eigenvalue weighted by Crippen LogP contribution is 2.24. The molecule has 154 valence electrons. The van der Waals surface area contributed by atoms with Gasteiger partial charge in [-0.3, -0.25) is 14.5 Å². The number of ether oxygens (including phenoxy) is 1. The molecule has 2 saturated heterocycles. The van der Waals surface area contributed by atoms with Crippen molar-refractivity contribution < 1.29 is 18.7 Å². The first-order valence-corrected chi connectivity index (χ1v) is 10.1. The van der Waals surface area contributed by atoms with Gasteiger partial charge in [-0.1, -0.05) is 0 Å². The number of nitrogens with zero attached hydrogens (tertiary/aromatic N) is 2. The fraction of sp³-hybridized carbons (Fsp3) is 0.619. The van der Waals surface area contributed by atoms with Gasteiger partial charge in [0.2, 0.25) is 5.91 Å². The van der Waals surface area contributed by atoms with Gasteiger partial charge in [0.05, 0.1) is 12.5 Å². The molecule has 0 saturated carbocycles. The molecule has 0 aliphatic carbocycles. The van der Waals surface area contributed by atoms with Crippen LogP contribution in [-0.4, -0.2) is 74.1 Å². The summed E-state index contributed by atoms with van der Waals surface area (Å²) in [6.07, 6.45) is 3.77. The third-order valence-corrected chi connectivity index (χ3v) is 5.79. The second-order valence-corrected chi connectivity index (χ2v) is 7.65. The van der Waals surface area contributed by atoms with E-state index in [1.165, 1.54) is 12.1 Å². The topological polar surface area (TPSA) is 61.9 Å². The van der Waals surface area contributed by atoms with Gasteiger partial charge in [0, 0.05) is 44.9 Å². The van der Waals surface area contributed by atoms with E-state index in [-0.39, 0.29) is 23.5 Å². The molecule has 0 aromatic heterocycles. The SMILES string of the molecule is COCCNC(=O)C1CCCN(C2CCN(C(=O)c3ccc(F)cc3)CC2)C1. The molecule has 28 heavy (non-hydrogen) atoms. The second kappa shape index (κ2) is 9.98. The zero-order valence-corrected chi connectivity index (χ0v) is 16.5. The molecule has 2 aliphatic rings. The van der Waals surface area contributed by atoms with Gasteiger partial charge in [-0.15, -0.1) is 0 Å². The minimum atomic E-state index is -0.332. The number of likely N-dealkylation sites (tertiary alicyclic amines) is 2. The quantitative estimate of drug-likeness (QED) is 0.753. The van der Waals surface area contributed by atoms with Gasteiger partial charge >= 0.3 is 0 Å². The van der Waals surface area contributed by atoms with Crippen LogP contribution in [0.25, 0.3) is 0 Å². The zero-order valence-electron chi connectivity index (χ0n) is 16.5. The van der Waals surface area contributed by atoms with Gasteiger partial charge in [0.25, 0.3) is 5.91 Å². The molecule has 7 heteroatoms.